The number of hydrogen-bond acceptors (Lipinski definition) is 3. The molecule has 28 heavy (non-hydrogen) atoms. The predicted molar refractivity (Wildman–Crippen MR) is 107 cm³/mol. The highest BCUT2D eigenvalue weighted by Crippen LogP contribution is 2.40. The lowest BCUT2D eigenvalue weighted by Crippen LogP contribution is -2.47. The van der Waals surface area contributed by atoms with E-state index in [1.54, 1.807) is 23.8 Å². The maximum atomic E-state index is 13.1. The number of benzene rings is 2. The van der Waals surface area contributed by atoms with Gasteiger partial charge in [0, 0.05) is 23.9 Å². The van der Waals surface area contributed by atoms with Crippen LogP contribution in [-0.2, 0) is 11.3 Å². The van der Waals surface area contributed by atoms with E-state index >= 15 is 0 Å². The Morgan fingerprint density at radius 1 is 1.29 bits per heavy atom. The highest BCUT2D eigenvalue weighted by molar-refractivity contribution is 6.26. The second-order valence-electron chi connectivity index (χ2n) is 7.82. The van der Waals surface area contributed by atoms with Crippen molar-refractivity contribution < 1.29 is 9.59 Å². The van der Waals surface area contributed by atoms with Gasteiger partial charge in [0.05, 0.1) is 23.6 Å². The Morgan fingerprint density at radius 3 is 2.79 bits per heavy atom. The molecule has 1 saturated carbocycles. The van der Waals surface area contributed by atoms with E-state index in [2.05, 4.69) is 10.2 Å². The van der Waals surface area contributed by atoms with Crippen LogP contribution in [0.1, 0.15) is 47.4 Å². The molecule has 5 rings (SSSR count). The Bertz CT molecular complexity index is 1090. The number of aromatic nitrogens is 2. The van der Waals surface area contributed by atoms with E-state index in [9.17, 15) is 9.59 Å². The molecule has 3 aromatic rings. The Labute approximate surface area is 163 Å². The number of rotatable bonds is 5. The number of hydrogen-bond donors (Lipinski definition) is 1. The molecule has 6 nitrogen and oxygen atoms in total. The molecule has 2 amide bonds. The van der Waals surface area contributed by atoms with E-state index < -0.39 is 6.04 Å². The van der Waals surface area contributed by atoms with Crippen molar-refractivity contribution in [3.05, 3.63) is 59.4 Å². The lowest BCUT2D eigenvalue weighted by atomic mass is 10.1. The minimum atomic E-state index is -0.582. The zero-order chi connectivity index (χ0) is 19.4. The highest BCUT2D eigenvalue weighted by atomic mass is 16.2. The molecule has 0 bridgehead atoms. The lowest BCUT2D eigenvalue weighted by molar-refractivity contribution is -0.131. The summed E-state index contributed by atoms with van der Waals surface area (Å²) in [4.78, 5) is 29.4. The quantitative estimate of drug-likeness (QED) is 0.744. The van der Waals surface area contributed by atoms with Crippen LogP contribution in [0.5, 0.6) is 0 Å². The number of carbonyl (C=O) groups is 2. The summed E-state index contributed by atoms with van der Waals surface area (Å²) in [6.45, 7) is 2.24. The van der Waals surface area contributed by atoms with Crippen LogP contribution in [-0.4, -0.2) is 40.0 Å². The Morgan fingerprint density at radius 2 is 2.04 bits per heavy atom. The normalized spacial score (nSPS) is 16.6. The molecule has 2 aromatic carbocycles. The van der Waals surface area contributed by atoms with Gasteiger partial charge < -0.3 is 4.90 Å². The molecule has 1 N–H and O–H groups in total. The summed E-state index contributed by atoms with van der Waals surface area (Å²) in [5, 5.41) is 9.33. The SMILES string of the molecule is C[C@H](C(=O)N(C)Cc1cc(C2CC2)n[nH]1)N1C(=O)c2cccc3cccc1c23. The van der Waals surface area contributed by atoms with Crippen molar-refractivity contribution in [3.63, 3.8) is 0 Å². The Kier molecular flexibility index (Phi) is 3.75. The van der Waals surface area contributed by atoms with Gasteiger partial charge in [0.2, 0.25) is 5.91 Å². The Balaban J connectivity index is 1.38. The summed E-state index contributed by atoms with van der Waals surface area (Å²) < 4.78 is 0. The van der Waals surface area contributed by atoms with Crippen LogP contribution in [0, 0.1) is 0 Å². The number of likely N-dealkylation sites (N-methyl/N-ethyl adjacent to an activating group) is 1. The maximum Gasteiger partial charge on any atom is 0.259 e. The molecule has 2 aliphatic rings. The molecule has 0 spiro atoms. The molecule has 1 fully saturated rings. The average Bonchev–Trinajstić information content (AvgIpc) is 3.39. The van der Waals surface area contributed by atoms with E-state index in [1.165, 1.54) is 12.8 Å². The number of nitrogens with one attached hydrogen (secondary N) is 1. The second kappa shape index (κ2) is 6.19. The molecule has 6 heteroatoms. The van der Waals surface area contributed by atoms with Gasteiger partial charge in [-0.1, -0.05) is 24.3 Å². The summed E-state index contributed by atoms with van der Waals surface area (Å²) in [5.74, 6) is 0.366. The summed E-state index contributed by atoms with van der Waals surface area (Å²) in [6, 6.07) is 13.0. The first-order valence-electron chi connectivity index (χ1n) is 9.69. The van der Waals surface area contributed by atoms with Gasteiger partial charge in [-0.15, -0.1) is 0 Å². The van der Waals surface area contributed by atoms with Gasteiger partial charge >= 0.3 is 0 Å². The van der Waals surface area contributed by atoms with Crippen LogP contribution < -0.4 is 4.90 Å². The molecular weight excluding hydrogens is 352 g/mol. The molecule has 0 unspecified atom stereocenters. The first kappa shape index (κ1) is 17.0. The molecule has 1 atom stereocenters. The zero-order valence-electron chi connectivity index (χ0n) is 16.0. The first-order chi connectivity index (χ1) is 13.5. The van der Waals surface area contributed by atoms with Crippen LogP contribution in [0.15, 0.2) is 42.5 Å². The minimum absolute atomic E-state index is 0.0965. The largest absolute Gasteiger partial charge is 0.338 e. The van der Waals surface area contributed by atoms with Crippen molar-refractivity contribution in [2.45, 2.75) is 38.3 Å². The van der Waals surface area contributed by atoms with Crippen molar-refractivity contribution in [1.82, 2.24) is 15.1 Å². The third-order valence-electron chi connectivity index (χ3n) is 5.77. The molecular formula is C22H22N4O2. The van der Waals surface area contributed by atoms with Gasteiger partial charge in [-0.2, -0.15) is 5.10 Å². The number of carbonyl (C=O) groups excluding carboxylic acids is 2. The maximum absolute atomic E-state index is 13.1. The fraction of sp³-hybridized carbons (Fsp3) is 0.318. The molecule has 0 saturated heterocycles. The van der Waals surface area contributed by atoms with Gasteiger partial charge in [-0.3, -0.25) is 19.6 Å². The monoisotopic (exact) mass is 374 g/mol. The summed E-state index contributed by atoms with van der Waals surface area (Å²) in [6.07, 6.45) is 2.39. The van der Waals surface area contributed by atoms with Crippen molar-refractivity contribution >= 4 is 28.3 Å². The third-order valence-corrected chi connectivity index (χ3v) is 5.77. The lowest BCUT2D eigenvalue weighted by Gasteiger charge is -2.28. The average molecular weight is 374 g/mol. The van der Waals surface area contributed by atoms with Crippen molar-refractivity contribution in [2.75, 3.05) is 11.9 Å². The van der Waals surface area contributed by atoms with E-state index in [4.69, 9.17) is 0 Å². The van der Waals surface area contributed by atoms with Crippen LogP contribution in [0.2, 0.25) is 0 Å². The molecule has 0 radical (unpaired) electrons. The van der Waals surface area contributed by atoms with E-state index in [0.29, 0.717) is 18.0 Å². The molecule has 1 aliphatic carbocycles. The van der Waals surface area contributed by atoms with Crippen LogP contribution in [0.4, 0.5) is 5.69 Å². The van der Waals surface area contributed by atoms with Gasteiger partial charge in [-0.05, 0) is 43.4 Å². The zero-order valence-corrected chi connectivity index (χ0v) is 16.0. The van der Waals surface area contributed by atoms with Gasteiger partial charge in [0.15, 0.2) is 0 Å². The predicted octanol–water partition coefficient (Wildman–Crippen LogP) is 3.45. The summed E-state index contributed by atoms with van der Waals surface area (Å²) >= 11 is 0. The summed E-state index contributed by atoms with van der Waals surface area (Å²) in [5.41, 5.74) is 3.48. The van der Waals surface area contributed by atoms with Gasteiger partial charge in [0.25, 0.3) is 5.91 Å². The van der Waals surface area contributed by atoms with Crippen LogP contribution >= 0.6 is 0 Å². The summed E-state index contributed by atoms with van der Waals surface area (Å²) in [7, 11) is 1.77. The van der Waals surface area contributed by atoms with E-state index in [-0.39, 0.29) is 11.8 Å². The van der Waals surface area contributed by atoms with Crippen LogP contribution in [0.3, 0.4) is 0 Å². The second-order valence-corrected chi connectivity index (χ2v) is 7.82. The fourth-order valence-electron chi connectivity index (χ4n) is 4.14. The Hall–Kier alpha value is -3.15. The number of H-pyrrole nitrogens is 1. The minimum Gasteiger partial charge on any atom is -0.338 e. The number of nitrogens with zero attached hydrogens (tertiary/aromatic N) is 3. The molecule has 1 aliphatic heterocycles. The van der Waals surface area contributed by atoms with Gasteiger partial charge in [-0.25, -0.2) is 0 Å². The fourth-order valence-corrected chi connectivity index (χ4v) is 4.14. The van der Waals surface area contributed by atoms with E-state index in [1.807, 2.05) is 42.5 Å². The van der Waals surface area contributed by atoms with Crippen molar-refractivity contribution in [3.8, 4) is 0 Å². The van der Waals surface area contributed by atoms with Crippen molar-refractivity contribution in [1.29, 1.82) is 0 Å². The van der Waals surface area contributed by atoms with Gasteiger partial charge in [0.1, 0.15) is 6.04 Å². The first-order valence-corrected chi connectivity index (χ1v) is 9.69. The number of anilines is 1. The standard InChI is InChI=1S/C22H22N4O2/c1-13(21(27)25(2)12-16-11-18(24-23-16)14-9-10-14)26-19-8-4-6-15-5-3-7-17(20(15)19)22(26)28/h3-8,11,13-14H,9-10,12H2,1-2H3,(H,23,24)/t13-/m1/s1. The van der Waals surface area contributed by atoms with E-state index in [0.717, 1.165) is 27.8 Å². The smallest absolute Gasteiger partial charge is 0.259 e. The molecule has 1 aromatic heterocycles. The molecule has 142 valence electrons. The topological polar surface area (TPSA) is 69.3 Å². The third kappa shape index (κ3) is 2.59. The van der Waals surface area contributed by atoms with Crippen molar-refractivity contribution in [2.24, 2.45) is 0 Å². The highest BCUT2D eigenvalue weighted by Gasteiger charge is 2.36. The van der Waals surface area contributed by atoms with Crippen LogP contribution in [0.25, 0.3) is 10.8 Å². The molecule has 2 heterocycles. The number of amides is 2. The number of aromatic amines is 1.